The Morgan fingerprint density at radius 3 is 0.647 bits per heavy atom. The molecule has 0 N–H and O–H groups in total. The predicted molar refractivity (Wildman–Crippen MR) is 153 cm³/mol. The zero-order valence-electron chi connectivity index (χ0n) is 26.5. The van der Waals surface area contributed by atoms with Crippen LogP contribution in [0.4, 0.5) is 0 Å². The molecule has 0 aliphatic rings. The van der Waals surface area contributed by atoms with E-state index in [0.717, 1.165) is 24.9 Å². The van der Waals surface area contributed by atoms with Crippen molar-refractivity contribution < 1.29 is 17.7 Å². The van der Waals surface area contributed by atoms with Crippen molar-refractivity contribution in [3.05, 3.63) is 0 Å². The van der Waals surface area contributed by atoms with Crippen LogP contribution in [0.15, 0.2) is 0 Å². The topological polar surface area (TPSA) is 36.9 Å². The molecule has 0 bridgehead atoms. The van der Waals surface area contributed by atoms with Crippen molar-refractivity contribution in [2.24, 2.45) is 0 Å². The highest BCUT2D eigenvalue weighted by Crippen LogP contribution is 2.48. The lowest BCUT2D eigenvalue weighted by atomic mass is 10.2. The van der Waals surface area contributed by atoms with Crippen LogP contribution in [0.5, 0.6) is 0 Å². The second kappa shape index (κ2) is 10.9. The first kappa shape index (κ1) is 34.3. The molecule has 4 nitrogen and oxygen atoms in total. The van der Waals surface area contributed by atoms with E-state index in [2.05, 4.69) is 125 Å². The molecule has 0 fully saturated rings. The highest BCUT2D eigenvalue weighted by atomic mass is 28.4. The lowest BCUT2D eigenvalue weighted by Gasteiger charge is -2.49. The Kier molecular flexibility index (Phi) is 11.0. The number of unbranched alkanes of at least 4 members (excludes halogenated alkanes) is 1. The molecule has 0 spiro atoms. The lowest BCUT2D eigenvalue weighted by Crippen LogP contribution is -2.58. The van der Waals surface area contributed by atoms with Gasteiger partial charge in [-0.25, -0.2) is 0 Å². The molecule has 0 heterocycles. The summed E-state index contributed by atoms with van der Waals surface area (Å²) in [5.41, 5.74) is -1.00. The van der Waals surface area contributed by atoms with Gasteiger partial charge >= 0.3 is 17.1 Å². The van der Waals surface area contributed by atoms with Crippen LogP contribution in [0.25, 0.3) is 0 Å². The smallest absolute Gasteiger partial charge is 0.344 e. The monoisotopic (exact) mass is 518 g/mol. The summed E-state index contributed by atoms with van der Waals surface area (Å²) in [5.74, 6) is 0. The third-order valence-corrected chi connectivity index (χ3v) is 15.8. The quantitative estimate of drug-likeness (QED) is 0.225. The van der Waals surface area contributed by atoms with E-state index >= 15 is 0 Å². The first-order valence-electron chi connectivity index (χ1n) is 13.3. The number of hydrogen-bond donors (Lipinski definition) is 0. The summed E-state index contributed by atoms with van der Waals surface area (Å²) in [4.78, 5) is 0. The average molecular weight is 519 g/mol. The fourth-order valence-electron chi connectivity index (χ4n) is 4.30. The largest absolute Gasteiger partial charge is 0.389 e. The van der Waals surface area contributed by atoms with Gasteiger partial charge in [-0.2, -0.15) is 0 Å². The van der Waals surface area contributed by atoms with Gasteiger partial charge in [0.2, 0.25) is 0 Å². The van der Waals surface area contributed by atoms with Crippen molar-refractivity contribution in [2.75, 3.05) is 0 Å². The van der Waals surface area contributed by atoms with E-state index in [4.69, 9.17) is 17.7 Å². The first-order valence-corrected chi connectivity index (χ1v) is 17.4. The molecule has 0 aromatic heterocycles. The van der Waals surface area contributed by atoms with Gasteiger partial charge in [0.15, 0.2) is 0 Å². The number of rotatable bonds is 9. The minimum Gasteiger partial charge on any atom is -0.389 e. The zero-order valence-corrected chi connectivity index (χ0v) is 28.5. The third-order valence-electron chi connectivity index (χ3n) is 5.43. The standard InChI is InChI=1S/C28H62O4Si2/c1-23(2,3)29-33(27(13,14)15,30-24(4,5)6)21-19-20-22-34(28(16,17)18,31-25(7,8)9)32-26(10,11)12/h19-22H2,1-18H3. The minimum atomic E-state index is -2.57. The molecule has 0 unspecified atom stereocenters. The molecule has 0 amide bonds. The Morgan fingerprint density at radius 2 is 0.529 bits per heavy atom. The molecule has 0 radical (unpaired) electrons. The summed E-state index contributed by atoms with van der Waals surface area (Å²) in [6.45, 7) is 39.5. The lowest BCUT2D eigenvalue weighted by molar-refractivity contribution is -0.000765. The van der Waals surface area contributed by atoms with E-state index < -0.39 is 17.1 Å². The molecule has 0 atom stereocenters. The van der Waals surface area contributed by atoms with Gasteiger partial charge in [0.25, 0.3) is 0 Å². The highest BCUT2D eigenvalue weighted by Gasteiger charge is 2.55. The molecular formula is C28H62O4Si2. The molecule has 206 valence electrons. The van der Waals surface area contributed by atoms with E-state index in [1.54, 1.807) is 0 Å². The molecule has 0 rings (SSSR count). The van der Waals surface area contributed by atoms with E-state index in [9.17, 15) is 0 Å². The van der Waals surface area contributed by atoms with Gasteiger partial charge in [0.1, 0.15) is 0 Å². The molecule has 0 aromatic rings. The van der Waals surface area contributed by atoms with Crippen LogP contribution in [0.3, 0.4) is 0 Å². The SMILES string of the molecule is CC(C)(C)O[Si](CCCC[Si](OC(C)(C)C)(OC(C)(C)C)C(C)(C)C)(OC(C)(C)C)C(C)(C)C. The molecular weight excluding hydrogens is 456 g/mol. The van der Waals surface area contributed by atoms with Crippen LogP contribution in [0.2, 0.25) is 22.2 Å². The van der Waals surface area contributed by atoms with E-state index in [-0.39, 0.29) is 32.5 Å². The van der Waals surface area contributed by atoms with Crippen LogP contribution in [-0.2, 0) is 17.7 Å². The Morgan fingerprint density at radius 1 is 0.353 bits per heavy atom. The maximum absolute atomic E-state index is 6.89. The molecule has 6 heteroatoms. The van der Waals surface area contributed by atoms with Crippen molar-refractivity contribution in [2.45, 2.75) is 182 Å². The van der Waals surface area contributed by atoms with Gasteiger partial charge in [-0.15, -0.1) is 0 Å². The Hall–Kier alpha value is 0.274. The minimum absolute atomic E-state index is 0.0457. The maximum Gasteiger partial charge on any atom is 0.344 e. The highest BCUT2D eigenvalue weighted by molar-refractivity contribution is 6.71. The Bertz CT molecular complexity index is 530. The van der Waals surface area contributed by atoms with Crippen LogP contribution in [0.1, 0.15) is 137 Å². The van der Waals surface area contributed by atoms with Crippen LogP contribution < -0.4 is 0 Å². The molecule has 0 saturated heterocycles. The van der Waals surface area contributed by atoms with Crippen molar-refractivity contribution in [3.63, 3.8) is 0 Å². The van der Waals surface area contributed by atoms with Crippen LogP contribution >= 0.6 is 0 Å². The van der Waals surface area contributed by atoms with Crippen LogP contribution in [-0.4, -0.2) is 39.5 Å². The third kappa shape index (κ3) is 12.0. The summed E-state index contributed by atoms with van der Waals surface area (Å²) in [6, 6.07) is 1.93. The van der Waals surface area contributed by atoms with Crippen molar-refractivity contribution in [1.29, 1.82) is 0 Å². The van der Waals surface area contributed by atoms with Crippen molar-refractivity contribution in [1.82, 2.24) is 0 Å². The van der Waals surface area contributed by atoms with Gasteiger partial charge in [-0.3, -0.25) is 0 Å². The van der Waals surface area contributed by atoms with Crippen LogP contribution in [0, 0.1) is 0 Å². The summed E-state index contributed by atoms with van der Waals surface area (Å²) < 4.78 is 27.6. The van der Waals surface area contributed by atoms with Crippen molar-refractivity contribution >= 4 is 17.1 Å². The van der Waals surface area contributed by atoms with E-state index in [0.29, 0.717) is 0 Å². The first-order chi connectivity index (χ1) is 14.5. The summed E-state index contributed by atoms with van der Waals surface area (Å²) >= 11 is 0. The van der Waals surface area contributed by atoms with E-state index in [1.165, 1.54) is 0 Å². The van der Waals surface area contributed by atoms with Gasteiger partial charge in [0.05, 0.1) is 22.4 Å². The molecule has 0 aliphatic heterocycles. The van der Waals surface area contributed by atoms with Gasteiger partial charge in [0, 0.05) is 10.1 Å². The maximum atomic E-state index is 6.89. The average Bonchev–Trinajstić information content (AvgIpc) is 2.42. The second-order valence-electron chi connectivity index (χ2n) is 16.1. The normalized spacial score (nSPS) is 15.7. The van der Waals surface area contributed by atoms with Gasteiger partial charge in [-0.1, -0.05) is 54.4 Å². The predicted octanol–water partition coefficient (Wildman–Crippen LogP) is 9.51. The Labute approximate surface area is 216 Å². The zero-order chi connectivity index (χ0) is 27.7. The molecule has 0 aromatic carbocycles. The van der Waals surface area contributed by atoms with Gasteiger partial charge < -0.3 is 17.7 Å². The number of hydrogen-bond acceptors (Lipinski definition) is 4. The fourth-order valence-corrected chi connectivity index (χ4v) is 12.9. The second-order valence-corrected chi connectivity index (χ2v) is 23.9. The summed E-state index contributed by atoms with van der Waals surface area (Å²) in [6.07, 6.45) is 2.09. The van der Waals surface area contributed by atoms with Crippen molar-refractivity contribution in [3.8, 4) is 0 Å². The van der Waals surface area contributed by atoms with Gasteiger partial charge in [-0.05, 0) is 95.2 Å². The van der Waals surface area contributed by atoms with E-state index in [1.807, 2.05) is 0 Å². The molecule has 0 aliphatic carbocycles. The fraction of sp³-hybridized carbons (Fsp3) is 1.00. The molecule has 0 saturated carbocycles. The molecule has 34 heavy (non-hydrogen) atoms. The summed E-state index contributed by atoms with van der Waals surface area (Å²) in [5, 5.41) is -0.0914. The Balaban J connectivity index is 6.04. The summed E-state index contributed by atoms with van der Waals surface area (Å²) in [7, 11) is -5.14.